The molecule has 1 heterocycles. The van der Waals surface area contributed by atoms with Crippen LogP contribution in [0.15, 0.2) is 0 Å². The van der Waals surface area contributed by atoms with E-state index >= 15 is 0 Å². The van der Waals surface area contributed by atoms with Crippen molar-refractivity contribution in [2.24, 2.45) is 0 Å². The second-order valence-corrected chi connectivity index (χ2v) is 9.22. The Labute approximate surface area is 212 Å². The maximum absolute atomic E-state index is 12.5. The summed E-state index contributed by atoms with van der Waals surface area (Å²) < 4.78 is 0. The molecule has 0 aromatic rings. The van der Waals surface area contributed by atoms with Gasteiger partial charge >= 0.3 is 17.9 Å². The molecule has 0 aromatic carbocycles. The third-order valence-electron chi connectivity index (χ3n) is 5.78. The molecule has 1 saturated heterocycles. The fourth-order valence-electron chi connectivity index (χ4n) is 3.86. The monoisotopic (exact) mass is 519 g/mol. The first-order valence-corrected chi connectivity index (χ1v) is 12.7. The summed E-state index contributed by atoms with van der Waals surface area (Å²) in [6.07, 6.45) is 4.05. The minimum Gasteiger partial charge on any atom is -0.480 e. The van der Waals surface area contributed by atoms with Gasteiger partial charge < -0.3 is 20.6 Å². The van der Waals surface area contributed by atoms with E-state index in [-0.39, 0.29) is 32.1 Å². The van der Waals surface area contributed by atoms with Gasteiger partial charge in [-0.3, -0.25) is 38.8 Å². The standard InChI is InChI=1S/C22H41N5O7S/c28-19(23-5-3-1-2-4-14-35)15-24-6-8-25(16-20(29)30)10-12-27(18-22(33)34)13-11-26(9-7-24)17-21(31)32/h35H,1-18H2,(H,23,28)(H,29,30)(H,31,32)(H,33,34). The first-order chi connectivity index (χ1) is 16.7. The van der Waals surface area contributed by atoms with E-state index in [2.05, 4.69) is 17.9 Å². The fraction of sp³-hybridized carbons (Fsp3) is 0.818. The largest absolute Gasteiger partial charge is 0.480 e. The van der Waals surface area contributed by atoms with Gasteiger partial charge in [-0.1, -0.05) is 12.8 Å². The predicted molar refractivity (Wildman–Crippen MR) is 134 cm³/mol. The number of amides is 1. The molecule has 0 spiro atoms. The van der Waals surface area contributed by atoms with Crippen molar-refractivity contribution in [3.63, 3.8) is 0 Å². The van der Waals surface area contributed by atoms with Gasteiger partial charge in [0.15, 0.2) is 0 Å². The minimum absolute atomic E-state index is 0.117. The number of carbonyl (C=O) groups is 4. The maximum atomic E-state index is 12.5. The number of hydrogen-bond acceptors (Lipinski definition) is 9. The van der Waals surface area contributed by atoms with Crippen molar-refractivity contribution in [3.05, 3.63) is 0 Å². The van der Waals surface area contributed by atoms with Gasteiger partial charge in [0.25, 0.3) is 0 Å². The lowest BCUT2D eigenvalue weighted by Gasteiger charge is -2.32. The topological polar surface area (TPSA) is 154 Å². The second-order valence-electron chi connectivity index (χ2n) is 8.77. The molecule has 0 atom stereocenters. The van der Waals surface area contributed by atoms with Gasteiger partial charge in [-0.2, -0.15) is 12.6 Å². The Balaban J connectivity index is 2.79. The van der Waals surface area contributed by atoms with Crippen molar-refractivity contribution in [1.29, 1.82) is 0 Å². The molecule has 0 unspecified atom stereocenters. The molecule has 0 aliphatic carbocycles. The van der Waals surface area contributed by atoms with Gasteiger partial charge in [0.05, 0.1) is 26.2 Å². The quantitative estimate of drug-likeness (QED) is 0.143. The summed E-state index contributed by atoms with van der Waals surface area (Å²) in [6, 6.07) is 0. The summed E-state index contributed by atoms with van der Waals surface area (Å²) in [5.74, 6) is -2.20. The summed E-state index contributed by atoms with van der Waals surface area (Å²) in [7, 11) is 0. The minimum atomic E-state index is -0.995. The van der Waals surface area contributed by atoms with Crippen LogP contribution in [0.4, 0.5) is 0 Å². The first kappa shape index (κ1) is 31.1. The van der Waals surface area contributed by atoms with E-state index in [4.69, 9.17) is 0 Å². The Kier molecular flexibility index (Phi) is 16.3. The van der Waals surface area contributed by atoms with Crippen molar-refractivity contribution in [2.45, 2.75) is 25.7 Å². The summed E-state index contributed by atoms with van der Waals surface area (Å²) in [5.41, 5.74) is 0. The fourth-order valence-corrected chi connectivity index (χ4v) is 4.09. The number of unbranched alkanes of at least 4 members (excludes halogenated alkanes) is 3. The van der Waals surface area contributed by atoms with Gasteiger partial charge in [-0.25, -0.2) is 0 Å². The molecule has 1 aliphatic rings. The molecular weight excluding hydrogens is 478 g/mol. The zero-order chi connectivity index (χ0) is 26.1. The molecule has 0 radical (unpaired) electrons. The molecule has 0 saturated carbocycles. The number of aliphatic carboxylic acids is 3. The zero-order valence-electron chi connectivity index (χ0n) is 20.4. The molecule has 1 rings (SSSR count). The molecule has 0 aromatic heterocycles. The van der Waals surface area contributed by atoms with Gasteiger partial charge in [-0.05, 0) is 18.6 Å². The Morgan fingerprint density at radius 2 is 0.914 bits per heavy atom. The Bertz CT molecular complexity index is 638. The number of hydrogen-bond donors (Lipinski definition) is 5. The zero-order valence-corrected chi connectivity index (χ0v) is 21.3. The van der Waals surface area contributed by atoms with Crippen molar-refractivity contribution in [1.82, 2.24) is 24.9 Å². The molecule has 1 amide bonds. The van der Waals surface area contributed by atoms with Crippen LogP contribution < -0.4 is 5.32 Å². The van der Waals surface area contributed by atoms with Gasteiger partial charge in [0.1, 0.15) is 0 Å². The van der Waals surface area contributed by atoms with E-state index in [0.29, 0.717) is 58.9 Å². The summed E-state index contributed by atoms with van der Waals surface area (Å²) in [5, 5.41) is 30.7. The highest BCUT2D eigenvalue weighted by Crippen LogP contribution is 2.02. The van der Waals surface area contributed by atoms with Crippen LogP contribution in [0, 0.1) is 0 Å². The number of nitrogens with one attached hydrogen (secondary N) is 1. The van der Waals surface area contributed by atoms with Crippen LogP contribution in [0.5, 0.6) is 0 Å². The molecule has 4 N–H and O–H groups in total. The van der Waals surface area contributed by atoms with E-state index in [1.807, 2.05) is 4.90 Å². The van der Waals surface area contributed by atoms with Crippen LogP contribution in [0.1, 0.15) is 25.7 Å². The van der Waals surface area contributed by atoms with E-state index in [9.17, 15) is 34.5 Å². The summed E-state index contributed by atoms with van der Waals surface area (Å²) in [4.78, 5) is 53.5. The molecule has 202 valence electrons. The Morgan fingerprint density at radius 3 is 1.26 bits per heavy atom. The normalized spacial score (nSPS) is 17.9. The molecule has 1 fully saturated rings. The number of thiol groups is 1. The molecular formula is C22H41N5O7S. The highest BCUT2D eigenvalue weighted by molar-refractivity contribution is 7.80. The third-order valence-corrected chi connectivity index (χ3v) is 6.10. The Morgan fingerprint density at radius 1 is 0.571 bits per heavy atom. The number of rotatable bonds is 14. The van der Waals surface area contributed by atoms with Crippen molar-refractivity contribution in [2.75, 3.05) is 90.8 Å². The van der Waals surface area contributed by atoms with Crippen LogP contribution in [-0.2, 0) is 19.2 Å². The summed E-state index contributed by atoms with van der Waals surface area (Å²) >= 11 is 4.19. The van der Waals surface area contributed by atoms with Crippen molar-refractivity contribution < 1.29 is 34.5 Å². The van der Waals surface area contributed by atoms with Crippen LogP contribution in [0.25, 0.3) is 0 Å². The number of carboxylic acids is 3. The summed E-state index contributed by atoms with van der Waals surface area (Å²) in [6.45, 7) is 3.20. The molecule has 35 heavy (non-hydrogen) atoms. The van der Waals surface area contributed by atoms with Crippen LogP contribution in [0.2, 0.25) is 0 Å². The van der Waals surface area contributed by atoms with Crippen LogP contribution in [-0.4, -0.2) is 150 Å². The molecule has 1 aliphatic heterocycles. The lowest BCUT2D eigenvalue weighted by molar-refractivity contribution is -0.140. The van der Waals surface area contributed by atoms with Gasteiger partial charge in [-0.15, -0.1) is 0 Å². The smallest absolute Gasteiger partial charge is 0.317 e. The van der Waals surface area contributed by atoms with E-state index in [0.717, 1.165) is 31.4 Å². The molecule has 12 nitrogen and oxygen atoms in total. The highest BCUT2D eigenvalue weighted by Gasteiger charge is 2.21. The first-order valence-electron chi connectivity index (χ1n) is 12.1. The Hall–Kier alpha value is -1.93. The molecule has 13 heteroatoms. The van der Waals surface area contributed by atoms with Gasteiger partial charge in [0, 0.05) is 58.9 Å². The predicted octanol–water partition coefficient (Wildman–Crippen LogP) is -0.932. The highest BCUT2D eigenvalue weighted by atomic mass is 32.1. The average Bonchev–Trinajstić information content (AvgIpc) is 2.77. The second kappa shape index (κ2) is 18.4. The van der Waals surface area contributed by atoms with E-state index < -0.39 is 17.9 Å². The lowest BCUT2D eigenvalue weighted by Crippen LogP contribution is -2.49. The number of carbonyl (C=O) groups excluding carboxylic acids is 1. The maximum Gasteiger partial charge on any atom is 0.317 e. The van der Waals surface area contributed by atoms with E-state index in [1.165, 1.54) is 0 Å². The SMILES string of the molecule is O=C(O)CN1CCN(CC(=O)O)CCN(CC(=O)NCCCCCCS)CCN(CC(=O)O)CC1. The van der Waals surface area contributed by atoms with E-state index in [1.54, 1.807) is 14.7 Å². The average molecular weight is 520 g/mol. The van der Waals surface area contributed by atoms with Gasteiger partial charge in [0.2, 0.25) is 5.91 Å². The van der Waals surface area contributed by atoms with Crippen molar-refractivity contribution >= 4 is 36.4 Å². The lowest BCUT2D eigenvalue weighted by atomic mass is 10.2. The molecule has 0 bridgehead atoms. The van der Waals surface area contributed by atoms with Crippen LogP contribution >= 0.6 is 12.6 Å². The van der Waals surface area contributed by atoms with Crippen molar-refractivity contribution in [3.8, 4) is 0 Å². The van der Waals surface area contributed by atoms with Crippen LogP contribution in [0.3, 0.4) is 0 Å². The third kappa shape index (κ3) is 16.4. The number of carboxylic acid groups (broad SMARTS) is 3. The number of nitrogens with zero attached hydrogens (tertiary/aromatic N) is 4.